The molecule has 0 fully saturated rings. The Hall–Kier alpha value is 0.531. The summed E-state index contributed by atoms with van der Waals surface area (Å²) in [5.74, 6) is 0. The first-order valence-electron chi connectivity index (χ1n) is 10.2. The number of hydrogen-bond donors (Lipinski definition) is 1. The van der Waals surface area contributed by atoms with Crippen LogP contribution in [-0.2, 0) is 8.85 Å². The summed E-state index contributed by atoms with van der Waals surface area (Å²) in [6.45, 7) is 31.6. The molecular formula is C20H48O3Si3. The molecule has 6 heteroatoms. The van der Waals surface area contributed by atoms with Crippen molar-refractivity contribution >= 4 is 25.4 Å². The van der Waals surface area contributed by atoms with Gasteiger partial charge >= 0.3 is 0 Å². The Balaban J connectivity index is 5.71. The molecule has 0 aromatic heterocycles. The summed E-state index contributed by atoms with van der Waals surface area (Å²) in [5.41, 5.74) is -0.623. The molecular weight excluding hydrogens is 372 g/mol. The monoisotopic (exact) mass is 420 g/mol. The van der Waals surface area contributed by atoms with E-state index in [0.717, 1.165) is 12.8 Å². The molecule has 0 amide bonds. The van der Waals surface area contributed by atoms with E-state index >= 15 is 0 Å². The van der Waals surface area contributed by atoms with Gasteiger partial charge in [-0.25, -0.2) is 0 Å². The number of hydrogen-bond acceptors (Lipinski definition) is 3. The first kappa shape index (κ1) is 26.5. The molecule has 0 aromatic rings. The minimum Gasteiger partial charge on any atom is -0.416 e. The van der Waals surface area contributed by atoms with Crippen molar-refractivity contribution in [2.24, 2.45) is 0 Å². The first-order valence-corrected chi connectivity index (χ1v) is 18.9. The second kappa shape index (κ2) is 8.11. The third-order valence-corrected chi connectivity index (χ3v) is 19.5. The summed E-state index contributed by atoms with van der Waals surface area (Å²) < 4.78 is 13.4. The van der Waals surface area contributed by atoms with E-state index in [2.05, 4.69) is 87.7 Å². The van der Waals surface area contributed by atoms with E-state index in [9.17, 15) is 5.11 Å². The van der Waals surface area contributed by atoms with Crippen LogP contribution in [0.2, 0.25) is 44.3 Å². The Kier molecular flexibility index (Phi) is 8.27. The Morgan fingerprint density at radius 1 is 0.846 bits per heavy atom. The zero-order valence-corrected chi connectivity index (χ0v) is 23.4. The highest BCUT2D eigenvalue weighted by Crippen LogP contribution is 2.51. The van der Waals surface area contributed by atoms with Crippen LogP contribution in [0.15, 0.2) is 0 Å². The van der Waals surface area contributed by atoms with Gasteiger partial charge in [0.15, 0.2) is 9.04 Å². The molecule has 1 N–H and O–H groups in total. The first-order chi connectivity index (χ1) is 11.1. The molecule has 0 aliphatic heterocycles. The molecule has 0 saturated carbocycles. The molecule has 0 aromatic carbocycles. The quantitative estimate of drug-likeness (QED) is 0.448. The molecule has 1 atom stereocenters. The highest BCUT2D eigenvalue weighted by molar-refractivity contribution is 6.84. The van der Waals surface area contributed by atoms with Crippen molar-refractivity contribution in [3.05, 3.63) is 0 Å². The summed E-state index contributed by atoms with van der Waals surface area (Å²) in [6.07, 6.45) is 1.59. The maximum Gasteiger partial charge on any atom is 0.216 e. The van der Waals surface area contributed by atoms with Crippen molar-refractivity contribution in [3.8, 4) is 0 Å². The van der Waals surface area contributed by atoms with E-state index in [-0.39, 0.29) is 15.5 Å². The molecule has 0 radical (unpaired) electrons. The molecule has 0 saturated heterocycles. The molecule has 0 heterocycles. The molecule has 1 unspecified atom stereocenters. The fraction of sp³-hybridized carbons (Fsp3) is 1.00. The van der Waals surface area contributed by atoms with Crippen molar-refractivity contribution in [2.45, 2.75) is 129 Å². The van der Waals surface area contributed by atoms with Gasteiger partial charge < -0.3 is 14.0 Å². The molecule has 0 spiro atoms. The van der Waals surface area contributed by atoms with Crippen molar-refractivity contribution in [1.29, 1.82) is 0 Å². The Bertz CT molecular complexity index is 467. The molecule has 0 rings (SSSR count). The second-order valence-corrected chi connectivity index (χ2v) is 23.9. The van der Waals surface area contributed by atoms with Crippen LogP contribution in [0.4, 0.5) is 0 Å². The fourth-order valence-electron chi connectivity index (χ4n) is 3.73. The zero-order valence-electron chi connectivity index (χ0n) is 20.3. The predicted molar refractivity (Wildman–Crippen MR) is 124 cm³/mol. The maximum atomic E-state index is 10.7. The molecule has 158 valence electrons. The summed E-state index contributed by atoms with van der Waals surface area (Å²) in [5, 5.41) is 10.4. The van der Waals surface area contributed by atoms with E-state index in [1.54, 1.807) is 0 Å². The minimum atomic E-state index is -2.10. The third kappa shape index (κ3) is 6.01. The van der Waals surface area contributed by atoms with E-state index < -0.39 is 31.0 Å². The largest absolute Gasteiger partial charge is 0.416 e. The van der Waals surface area contributed by atoms with Crippen LogP contribution in [0.1, 0.15) is 68.2 Å². The van der Waals surface area contributed by atoms with Gasteiger partial charge in [-0.1, -0.05) is 33.9 Å². The maximum absolute atomic E-state index is 10.7. The van der Waals surface area contributed by atoms with Crippen molar-refractivity contribution in [2.75, 3.05) is 0 Å². The lowest BCUT2D eigenvalue weighted by atomic mass is 9.91. The minimum absolute atomic E-state index is 0.0539. The topological polar surface area (TPSA) is 38.7 Å². The molecule has 26 heavy (non-hydrogen) atoms. The summed E-state index contributed by atoms with van der Waals surface area (Å²) >= 11 is 0. The molecule has 3 nitrogen and oxygen atoms in total. The Morgan fingerprint density at radius 2 is 1.27 bits per heavy atom. The van der Waals surface area contributed by atoms with E-state index in [4.69, 9.17) is 8.85 Å². The van der Waals surface area contributed by atoms with Crippen LogP contribution < -0.4 is 0 Å². The standard InChI is InChI=1S/C20H48O3Si3/c1-15-20(8,21)16-17(2,3)25(11,12)19(6,7)23-26(13,14)18(4,5)22-24(9)10/h21,24H,15-16H2,1-14H3. The molecule has 0 aliphatic rings. The normalized spacial score (nSPS) is 17.5. The smallest absolute Gasteiger partial charge is 0.216 e. The fourth-order valence-corrected chi connectivity index (χ4v) is 12.5. The summed E-state index contributed by atoms with van der Waals surface area (Å²) in [6, 6.07) is 0. The average molecular weight is 421 g/mol. The number of rotatable bonds is 10. The van der Waals surface area contributed by atoms with Crippen LogP contribution >= 0.6 is 0 Å². The van der Waals surface area contributed by atoms with Gasteiger partial charge in [-0.15, -0.1) is 0 Å². The predicted octanol–water partition coefficient (Wildman–Crippen LogP) is 5.88. The second-order valence-electron chi connectivity index (χ2n) is 11.3. The lowest BCUT2D eigenvalue weighted by Gasteiger charge is -2.56. The van der Waals surface area contributed by atoms with Crippen LogP contribution in [-0.4, -0.2) is 46.6 Å². The van der Waals surface area contributed by atoms with Crippen LogP contribution in [0.25, 0.3) is 0 Å². The third-order valence-electron chi connectivity index (χ3n) is 7.27. The lowest BCUT2D eigenvalue weighted by Crippen LogP contribution is -2.67. The van der Waals surface area contributed by atoms with E-state index in [1.807, 2.05) is 6.92 Å². The highest BCUT2D eigenvalue weighted by atomic mass is 28.4. The molecule has 0 aliphatic carbocycles. The number of aliphatic hydroxyl groups is 1. The zero-order chi connectivity index (χ0) is 21.4. The van der Waals surface area contributed by atoms with Gasteiger partial charge in [-0.2, -0.15) is 0 Å². The van der Waals surface area contributed by atoms with Gasteiger partial charge in [-0.3, -0.25) is 0 Å². The highest BCUT2D eigenvalue weighted by Gasteiger charge is 2.56. The van der Waals surface area contributed by atoms with Gasteiger partial charge in [0, 0.05) is 5.22 Å². The van der Waals surface area contributed by atoms with Gasteiger partial charge in [0.25, 0.3) is 0 Å². The SMILES string of the molecule is CCC(C)(O)CC(C)(C)[Si](C)(C)C(C)(C)O[Si](C)(C)C(C)(C)O[SiH](C)C. The van der Waals surface area contributed by atoms with Crippen LogP contribution in [0.3, 0.4) is 0 Å². The summed E-state index contributed by atoms with van der Waals surface area (Å²) in [4.78, 5) is 0. The van der Waals surface area contributed by atoms with E-state index in [1.165, 1.54) is 0 Å². The lowest BCUT2D eigenvalue weighted by molar-refractivity contribution is 0.0333. The van der Waals surface area contributed by atoms with Crippen molar-refractivity contribution in [3.63, 3.8) is 0 Å². The van der Waals surface area contributed by atoms with Crippen LogP contribution in [0.5, 0.6) is 0 Å². The average Bonchev–Trinajstić information content (AvgIpc) is 2.33. The van der Waals surface area contributed by atoms with Gasteiger partial charge in [-0.05, 0) is 78.7 Å². The van der Waals surface area contributed by atoms with Crippen molar-refractivity contribution in [1.82, 2.24) is 0 Å². The summed E-state index contributed by atoms with van der Waals surface area (Å²) in [7, 11) is -5.14. The van der Waals surface area contributed by atoms with Crippen molar-refractivity contribution < 1.29 is 14.0 Å². The van der Waals surface area contributed by atoms with E-state index in [0.29, 0.717) is 0 Å². The Morgan fingerprint density at radius 3 is 1.62 bits per heavy atom. The van der Waals surface area contributed by atoms with Crippen LogP contribution in [0, 0.1) is 0 Å². The van der Waals surface area contributed by atoms with Gasteiger partial charge in [0.1, 0.15) is 0 Å². The Labute approximate surface area is 168 Å². The molecule has 0 bridgehead atoms. The van der Waals surface area contributed by atoms with Gasteiger partial charge in [0.05, 0.1) is 18.9 Å². The van der Waals surface area contributed by atoms with Gasteiger partial charge in [0.2, 0.25) is 8.32 Å².